The monoisotopic (exact) mass is 398 g/mol. The number of carbonyl (C=O) groups excluding carboxylic acids is 2. The number of hydrogen-bond donors (Lipinski definition) is 1. The molecule has 1 saturated heterocycles. The maximum absolute atomic E-state index is 13.1. The van der Waals surface area contributed by atoms with Crippen molar-refractivity contribution in [2.75, 3.05) is 32.7 Å². The van der Waals surface area contributed by atoms with Crippen LogP contribution in [0.1, 0.15) is 62.6 Å². The summed E-state index contributed by atoms with van der Waals surface area (Å²) in [6.45, 7) is 5.67. The van der Waals surface area contributed by atoms with Crippen LogP contribution >= 0.6 is 0 Å². The van der Waals surface area contributed by atoms with Crippen LogP contribution in [0, 0.1) is 5.92 Å². The Morgan fingerprint density at radius 1 is 1.10 bits per heavy atom. The smallest absolute Gasteiger partial charge is 0.234 e. The number of carbonyl (C=O) groups is 2. The predicted molar refractivity (Wildman–Crippen MR) is 112 cm³/mol. The Hall–Kier alpha value is -1.95. The molecule has 6 heteroatoms. The summed E-state index contributed by atoms with van der Waals surface area (Å²) in [5, 5.41) is 3.21. The van der Waals surface area contributed by atoms with Gasteiger partial charge in [-0.25, -0.2) is 0 Å². The van der Waals surface area contributed by atoms with E-state index in [2.05, 4.69) is 28.2 Å². The molecule has 2 amide bonds. The molecule has 1 unspecified atom stereocenters. The summed E-state index contributed by atoms with van der Waals surface area (Å²) in [5.74, 6) is 1.04. The van der Waals surface area contributed by atoms with E-state index in [0.717, 1.165) is 56.8 Å². The summed E-state index contributed by atoms with van der Waals surface area (Å²) in [7, 11) is 0. The van der Waals surface area contributed by atoms with E-state index < -0.39 is 0 Å². The van der Waals surface area contributed by atoms with Gasteiger partial charge in [-0.15, -0.1) is 0 Å². The fraction of sp³-hybridized carbons (Fsp3) is 0.696. The third-order valence-corrected chi connectivity index (χ3v) is 6.93. The number of nitrogens with one attached hydrogen (secondary N) is 1. The Kier molecular flexibility index (Phi) is 6.48. The zero-order valence-electron chi connectivity index (χ0n) is 17.6. The Morgan fingerprint density at radius 3 is 2.62 bits per heavy atom. The molecule has 1 atom stereocenters. The van der Waals surface area contributed by atoms with Gasteiger partial charge in [0.05, 0.1) is 18.2 Å². The first-order valence-electron chi connectivity index (χ1n) is 11.3. The third-order valence-electron chi connectivity index (χ3n) is 6.93. The number of hydrogen-bond acceptors (Lipinski definition) is 4. The minimum absolute atomic E-state index is 0.0940. The molecule has 1 N–H and O–H groups in total. The van der Waals surface area contributed by atoms with Crippen molar-refractivity contribution in [3.63, 3.8) is 0 Å². The lowest BCUT2D eigenvalue weighted by Crippen LogP contribution is -2.53. The quantitative estimate of drug-likeness (QED) is 0.846. The van der Waals surface area contributed by atoms with Crippen LogP contribution in [0.15, 0.2) is 18.3 Å². The zero-order chi connectivity index (χ0) is 20.2. The Labute approximate surface area is 174 Å². The van der Waals surface area contributed by atoms with E-state index in [1.54, 1.807) is 6.20 Å². The van der Waals surface area contributed by atoms with Crippen molar-refractivity contribution in [2.45, 2.75) is 63.8 Å². The van der Waals surface area contributed by atoms with E-state index >= 15 is 0 Å². The molecular formula is C23H34N4O2. The molecule has 2 aliphatic carbocycles. The van der Waals surface area contributed by atoms with Gasteiger partial charge in [-0.2, -0.15) is 0 Å². The van der Waals surface area contributed by atoms with Crippen LogP contribution in [0.4, 0.5) is 0 Å². The van der Waals surface area contributed by atoms with Crippen LogP contribution < -0.4 is 5.32 Å². The van der Waals surface area contributed by atoms with Gasteiger partial charge in [-0.3, -0.25) is 19.5 Å². The molecule has 1 aromatic heterocycles. The van der Waals surface area contributed by atoms with Gasteiger partial charge in [0, 0.05) is 38.4 Å². The highest BCUT2D eigenvalue weighted by Crippen LogP contribution is 2.31. The lowest BCUT2D eigenvalue weighted by Gasteiger charge is -2.37. The lowest BCUT2D eigenvalue weighted by atomic mass is 9.85. The molecule has 0 aromatic carbocycles. The first-order chi connectivity index (χ1) is 14.1. The van der Waals surface area contributed by atoms with Gasteiger partial charge in [-0.05, 0) is 62.5 Å². The van der Waals surface area contributed by atoms with Gasteiger partial charge in [0.25, 0.3) is 0 Å². The highest BCUT2D eigenvalue weighted by molar-refractivity contribution is 5.84. The van der Waals surface area contributed by atoms with Gasteiger partial charge in [0.2, 0.25) is 11.8 Å². The van der Waals surface area contributed by atoms with Crippen molar-refractivity contribution in [1.29, 1.82) is 0 Å². The van der Waals surface area contributed by atoms with E-state index in [-0.39, 0.29) is 17.7 Å². The average Bonchev–Trinajstić information content (AvgIpc) is 2.75. The van der Waals surface area contributed by atoms with Gasteiger partial charge < -0.3 is 10.2 Å². The van der Waals surface area contributed by atoms with E-state index in [1.165, 1.54) is 18.4 Å². The number of piperazine rings is 1. The van der Waals surface area contributed by atoms with Gasteiger partial charge in [0.1, 0.15) is 0 Å². The molecule has 6 nitrogen and oxygen atoms in total. The number of aryl methyl sites for hydroxylation is 1. The maximum Gasteiger partial charge on any atom is 0.234 e. The molecule has 29 heavy (non-hydrogen) atoms. The molecule has 2 fully saturated rings. The molecule has 2 heterocycles. The Bertz CT molecular complexity index is 721. The highest BCUT2D eigenvalue weighted by Gasteiger charge is 2.33. The van der Waals surface area contributed by atoms with Gasteiger partial charge in [-0.1, -0.05) is 13.0 Å². The summed E-state index contributed by atoms with van der Waals surface area (Å²) >= 11 is 0. The van der Waals surface area contributed by atoms with E-state index in [4.69, 9.17) is 0 Å². The number of nitrogens with zero attached hydrogens (tertiary/aromatic N) is 3. The lowest BCUT2D eigenvalue weighted by molar-refractivity contribution is -0.135. The molecule has 0 spiro atoms. The van der Waals surface area contributed by atoms with E-state index in [0.29, 0.717) is 25.7 Å². The molecule has 0 radical (unpaired) electrons. The Morgan fingerprint density at radius 2 is 1.86 bits per heavy atom. The second kappa shape index (κ2) is 9.24. The molecule has 158 valence electrons. The van der Waals surface area contributed by atoms with E-state index in [9.17, 15) is 9.59 Å². The summed E-state index contributed by atoms with van der Waals surface area (Å²) in [6.07, 6.45) is 9.40. The van der Waals surface area contributed by atoms with Gasteiger partial charge in [0.15, 0.2) is 0 Å². The fourth-order valence-corrected chi connectivity index (χ4v) is 5.08. The predicted octanol–water partition coefficient (Wildman–Crippen LogP) is 2.34. The minimum Gasteiger partial charge on any atom is -0.352 e. The van der Waals surface area contributed by atoms with Crippen molar-refractivity contribution < 1.29 is 9.59 Å². The second-order valence-electron chi connectivity index (χ2n) is 9.12. The van der Waals surface area contributed by atoms with Crippen LogP contribution in [0.2, 0.25) is 0 Å². The number of pyridine rings is 1. The van der Waals surface area contributed by atoms with Crippen molar-refractivity contribution in [3.8, 4) is 0 Å². The highest BCUT2D eigenvalue weighted by atomic mass is 16.2. The molecule has 3 aliphatic rings. The van der Waals surface area contributed by atoms with Crippen molar-refractivity contribution in [2.24, 2.45) is 5.92 Å². The van der Waals surface area contributed by atoms with Crippen molar-refractivity contribution in [1.82, 2.24) is 20.1 Å². The topological polar surface area (TPSA) is 65.5 Å². The first-order valence-corrected chi connectivity index (χ1v) is 11.3. The minimum atomic E-state index is -0.0940. The van der Waals surface area contributed by atoms with Gasteiger partial charge >= 0.3 is 0 Å². The normalized spacial score (nSPS) is 27.9. The van der Waals surface area contributed by atoms with Crippen molar-refractivity contribution >= 4 is 11.8 Å². The number of aromatic nitrogens is 1. The Balaban J connectivity index is 1.24. The van der Waals surface area contributed by atoms with Crippen LogP contribution in [-0.4, -0.2) is 65.4 Å². The maximum atomic E-state index is 13.1. The average molecular weight is 399 g/mol. The SMILES string of the molecule is CC1CCC(NC(=O)CN2CCN(C(=O)C3CCCc4cccnc43)CC2)CC1. The molecule has 4 rings (SSSR count). The zero-order valence-corrected chi connectivity index (χ0v) is 17.6. The standard InChI is InChI=1S/C23H34N4O2/c1-17-7-9-19(10-8-17)25-21(28)16-26-12-14-27(15-13-26)23(29)20-6-2-4-18-5-3-11-24-22(18)20/h3,5,11,17,19-20H,2,4,6-10,12-16H2,1H3,(H,25,28). The van der Waals surface area contributed by atoms with Crippen LogP contribution in [0.5, 0.6) is 0 Å². The number of rotatable bonds is 4. The summed E-state index contributed by atoms with van der Waals surface area (Å²) in [5.41, 5.74) is 2.21. The molecule has 0 bridgehead atoms. The van der Waals surface area contributed by atoms with Crippen LogP contribution in [0.25, 0.3) is 0 Å². The summed E-state index contributed by atoms with van der Waals surface area (Å²) in [6, 6.07) is 4.41. The van der Waals surface area contributed by atoms with E-state index in [1.807, 2.05) is 11.0 Å². The first kappa shape index (κ1) is 20.3. The van der Waals surface area contributed by atoms with Crippen LogP contribution in [-0.2, 0) is 16.0 Å². The fourth-order valence-electron chi connectivity index (χ4n) is 5.08. The molecule has 1 aliphatic heterocycles. The molecule has 1 aromatic rings. The summed E-state index contributed by atoms with van der Waals surface area (Å²) < 4.78 is 0. The number of amides is 2. The van der Waals surface area contributed by atoms with Crippen molar-refractivity contribution in [3.05, 3.63) is 29.6 Å². The molecular weight excluding hydrogens is 364 g/mol. The summed E-state index contributed by atoms with van der Waals surface area (Å²) in [4.78, 5) is 34.2. The number of fused-ring (bicyclic) bond motifs is 1. The largest absolute Gasteiger partial charge is 0.352 e. The van der Waals surface area contributed by atoms with Crippen LogP contribution in [0.3, 0.4) is 0 Å². The molecule has 1 saturated carbocycles. The third kappa shape index (κ3) is 4.97. The second-order valence-corrected chi connectivity index (χ2v) is 9.12.